The predicted molar refractivity (Wildman–Crippen MR) is 221 cm³/mol. The number of nitrogens with one attached hydrogen (secondary N) is 2. The van der Waals surface area contributed by atoms with Gasteiger partial charge in [-0.05, 0) is 146 Å². The Morgan fingerprint density at radius 1 is 0.860 bits per heavy atom. The van der Waals surface area contributed by atoms with Gasteiger partial charge in [-0.25, -0.2) is 0 Å². The van der Waals surface area contributed by atoms with Crippen molar-refractivity contribution in [1.82, 2.24) is 10.6 Å². The van der Waals surface area contributed by atoms with Crippen LogP contribution >= 0.6 is 11.6 Å². The number of amides is 2. The third kappa shape index (κ3) is 7.28. The summed E-state index contributed by atoms with van der Waals surface area (Å²) < 4.78 is 6.26. The third-order valence-corrected chi connectivity index (χ3v) is 16.6. The lowest BCUT2D eigenvalue weighted by Gasteiger charge is -2.72. The fourth-order valence-electron chi connectivity index (χ4n) is 13.4. The fourth-order valence-corrected chi connectivity index (χ4v) is 13.5. The lowest BCUT2D eigenvalue weighted by Crippen LogP contribution is -2.68. The van der Waals surface area contributed by atoms with Crippen LogP contribution in [0.25, 0.3) is 0 Å². The van der Waals surface area contributed by atoms with Gasteiger partial charge >= 0.3 is 11.9 Å². The van der Waals surface area contributed by atoms with E-state index in [2.05, 4.69) is 59.1 Å². The summed E-state index contributed by atoms with van der Waals surface area (Å²) >= 11 is 6.05. The quantitative estimate of drug-likeness (QED) is 0.200. The maximum atomic E-state index is 14.3. The molecular formula is C47H67ClN2O7. The van der Waals surface area contributed by atoms with Crippen LogP contribution in [0, 0.1) is 50.7 Å². The molecule has 8 atom stereocenters. The minimum atomic E-state index is -1.24. The molecule has 0 radical (unpaired) electrons. The Morgan fingerprint density at radius 3 is 2.12 bits per heavy atom. The lowest BCUT2D eigenvalue weighted by atomic mass is 9.33. The van der Waals surface area contributed by atoms with Crippen molar-refractivity contribution in [3.63, 3.8) is 0 Å². The molecule has 10 heteroatoms. The van der Waals surface area contributed by atoms with Gasteiger partial charge in [0.25, 0.3) is 5.91 Å². The summed E-state index contributed by atoms with van der Waals surface area (Å²) in [4.78, 5) is 66.4. The smallest absolute Gasteiger partial charge is 0.306 e. The van der Waals surface area contributed by atoms with E-state index >= 15 is 0 Å². The first-order chi connectivity index (χ1) is 26.2. The minimum absolute atomic E-state index is 0.0125. The molecule has 0 heterocycles. The molecule has 3 N–H and O–H groups in total. The molecule has 1 aromatic carbocycles. The number of Topliss-reactive ketones (excluding diaryl/α,β-unsaturated/α-hetero) is 1. The summed E-state index contributed by atoms with van der Waals surface area (Å²) in [5, 5.41) is 16.3. The summed E-state index contributed by atoms with van der Waals surface area (Å²) in [7, 11) is 0. The molecule has 2 amide bonds. The molecule has 0 spiro atoms. The van der Waals surface area contributed by atoms with E-state index < -0.39 is 22.5 Å². The predicted octanol–water partition coefficient (Wildman–Crippen LogP) is 9.50. The number of halogens is 1. The molecule has 4 fully saturated rings. The van der Waals surface area contributed by atoms with E-state index in [1.165, 1.54) is 0 Å². The largest absolute Gasteiger partial charge is 0.481 e. The highest BCUT2D eigenvalue weighted by Gasteiger charge is 2.70. The zero-order chi connectivity index (χ0) is 42.3. The normalized spacial score (nSPS) is 34.7. The van der Waals surface area contributed by atoms with E-state index in [1.54, 1.807) is 52.0 Å². The maximum Gasteiger partial charge on any atom is 0.306 e. The molecule has 0 aromatic heterocycles. The monoisotopic (exact) mass is 806 g/mol. The molecule has 0 unspecified atom stereocenters. The Labute approximate surface area is 345 Å². The van der Waals surface area contributed by atoms with Gasteiger partial charge in [0.15, 0.2) is 5.78 Å². The Balaban J connectivity index is 1.26. The summed E-state index contributed by atoms with van der Waals surface area (Å²) in [6.45, 7) is 23.3. The molecule has 5 aliphatic carbocycles. The van der Waals surface area contributed by atoms with E-state index in [0.717, 1.165) is 56.1 Å². The third-order valence-electron chi connectivity index (χ3n) is 16.3. The van der Waals surface area contributed by atoms with Crippen molar-refractivity contribution in [3.05, 3.63) is 46.0 Å². The van der Waals surface area contributed by atoms with E-state index in [4.69, 9.17) is 16.3 Å². The van der Waals surface area contributed by atoms with Crippen LogP contribution in [0.15, 0.2) is 35.4 Å². The number of hydrogen-bond acceptors (Lipinski definition) is 6. The number of hydrogen-bond donors (Lipinski definition) is 3. The average Bonchev–Trinajstić information content (AvgIpc) is 3.37. The van der Waals surface area contributed by atoms with Crippen molar-refractivity contribution in [2.45, 2.75) is 164 Å². The Hall–Kier alpha value is -3.20. The molecule has 0 aliphatic heterocycles. The van der Waals surface area contributed by atoms with Crippen LogP contribution in [0.2, 0.25) is 5.02 Å². The van der Waals surface area contributed by atoms with Crippen molar-refractivity contribution < 1.29 is 33.8 Å². The molecule has 6 rings (SSSR count). The van der Waals surface area contributed by atoms with Crippen molar-refractivity contribution in [3.8, 4) is 0 Å². The maximum absolute atomic E-state index is 14.3. The number of benzene rings is 1. The minimum Gasteiger partial charge on any atom is -0.481 e. The number of fused-ring (bicyclic) bond motifs is 7. The van der Waals surface area contributed by atoms with Crippen LogP contribution in [0.1, 0.15) is 157 Å². The van der Waals surface area contributed by atoms with Gasteiger partial charge in [-0.2, -0.15) is 0 Å². The van der Waals surface area contributed by atoms with Crippen LogP contribution in [-0.4, -0.2) is 51.8 Å². The standard InChI is InChI=1S/C47H67ClN2O7/c1-27(2)37-31(51)24-47(50-40(56)43(7,8)49-39(55)28-12-14-29(48)15-13-28)23-22-45(10)30(38(37)47)16-17-33-44(9)20-19-34(42(5,6)32(44)18-21-46(33,45)11)57-36(54)26-41(3,4)25-35(52)53/h12-15,27,30,32-34H,16-26H2,1-11H3,(H,49,55)(H,50,56)(H,52,53)/t30-,32+,33-,34+,44+,45-,46-,47-/m1/s1. The topological polar surface area (TPSA) is 139 Å². The Morgan fingerprint density at radius 2 is 1.51 bits per heavy atom. The molecule has 314 valence electrons. The summed E-state index contributed by atoms with van der Waals surface area (Å²) in [5.41, 5.74) is -0.671. The highest BCUT2D eigenvalue weighted by molar-refractivity contribution is 6.30. The number of carbonyl (C=O) groups excluding carboxylic acids is 4. The number of rotatable bonds is 10. The first kappa shape index (κ1) is 43.4. The molecule has 0 bridgehead atoms. The zero-order valence-electron chi connectivity index (χ0n) is 36.2. The van der Waals surface area contributed by atoms with Gasteiger partial charge in [0, 0.05) is 22.4 Å². The van der Waals surface area contributed by atoms with E-state index in [1.807, 2.05) is 0 Å². The van der Waals surface area contributed by atoms with Crippen molar-refractivity contribution in [2.24, 2.45) is 50.7 Å². The molecular weight excluding hydrogens is 740 g/mol. The van der Waals surface area contributed by atoms with Crippen molar-refractivity contribution in [1.29, 1.82) is 0 Å². The van der Waals surface area contributed by atoms with Gasteiger partial charge in [-0.15, -0.1) is 0 Å². The number of esters is 1. The first-order valence-electron chi connectivity index (χ1n) is 21.3. The second kappa shape index (κ2) is 14.5. The fraction of sp³-hybridized carbons (Fsp3) is 0.723. The van der Waals surface area contributed by atoms with Crippen molar-refractivity contribution in [2.75, 3.05) is 0 Å². The van der Waals surface area contributed by atoms with E-state index in [0.29, 0.717) is 28.8 Å². The second-order valence-electron chi connectivity index (χ2n) is 21.6. The molecule has 57 heavy (non-hydrogen) atoms. The second-order valence-corrected chi connectivity index (χ2v) is 22.0. The molecule has 9 nitrogen and oxygen atoms in total. The Bertz CT molecular complexity index is 1860. The highest BCUT2D eigenvalue weighted by atomic mass is 35.5. The Kier molecular flexibility index (Phi) is 11.0. The molecule has 4 saturated carbocycles. The van der Waals surface area contributed by atoms with Gasteiger partial charge in [-0.3, -0.25) is 24.0 Å². The van der Waals surface area contributed by atoms with E-state index in [-0.39, 0.29) is 82.4 Å². The lowest BCUT2D eigenvalue weighted by molar-refractivity contribution is -0.232. The van der Waals surface area contributed by atoms with Crippen LogP contribution in [0.3, 0.4) is 0 Å². The summed E-state index contributed by atoms with van der Waals surface area (Å²) in [6.07, 6.45) is 7.25. The zero-order valence-corrected chi connectivity index (χ0v) is 37.0. The van der Waals surface area contributed by atoms with E-state index in [9.17, 15) is 29.1 Å². The van der Waals surface area contributed by atoms with Gasteiger partial charge in [-0.1, -0.05) is 73.9 Å². The summed E-state index contributed by atoms with van der Waals surface area (Å²) in [5.74, 6) is -0.874. The van der Waals surface area contributed by atoms with Crippen LogP contribution in [0.4, 0.5) is 0 Å². The van der Waals surface area contributed by atoms with Gasteiger partial charge < -0.3 is 20.5 Å². The van der Waals surface area contributed by atoms with Gasteiger partial charge in [0.05, 0.1) is 18.4 Å². The average molecular weight is 808 g/mol. The number of ketones is 1. The van der Waals surface area contributed by atoms with Crippen LogP contribution in [0.5, 0.6) is 0 Å². The molecule has 1 aromatic rings. The number of aliphatic carboxylic acids is 1. The number of carboxylic acids is 1. The van der Waals surface area contributed by atoms with Crippen molar-refractivity contribution >= 4 is 41.1 Å². The molecule has 0 saturated heterocycles. The van der Waals surface area contributed by atoms with Gasteiger partial charge in [0.2, 0.25) is 5.91 Å². The van der Waals surface area contributed by atoms with Crippen LogP contribution < -0.4 is 10.6 Å². The van der Waals surface area contributed by atoms with Gasteiger partial charge in [0.1, 0.15) is 11.6 Å². The van der Waals surface area contributed by atoms with Crippen LogP contribution in [-0.2, 0) is 23.9 Å². The SMILES string of the molecule is CC(C)C1=C2[C@H]3CC[C@@H]4[C@@]5(C)CC[C@H](OC(=O)CC(C)(C)CC(=O)O)C(C)(C)[C@@H]5CC[C@@]4(C)[C@]3(C)CC[C@@]2(NC(=O)C(C)(C)NC(=O)c2ccc(Cl)cc2)CC1=O. The number of carboxylic acid groups (broad SMARTS) is 1. The molecule has 5 aliphatic rings. The first-order valence-corrected chi connectivity index (χ1v) is 21.7. The number of carbonyl (C=O) groups is 5. The highest BCUT2D eigenvalue weighted by Crippen LogP contribution is 2.76. The summed E-state index contributed by atoms with van der Waals surface area (Å²) in [6, 6.07) is 6.57. The number of allylic oxidation sites excluding steroid dienone is 1. The number of ether oxygens (including phenoxy) is 1.